The number of carbonyl (C=O) groups is 1. The smallest absolute Gasteiger partial charge is 0.230 e. The second-order valence-corrected chi connectivity index (χ2v) is 5.40. The third kappa shape index (κ3) is 3.65. The number of hydrogen-bond donors (Lipinski definition) is 1. The van der Waals surface area contributed by atoms with Crippen molar-refractivity contribution in [3.05, 3.63) is 71.4 Å². The number of benzene rings is 2. The molecule has 0 radical (unpaired) electrons. The number of halogens is 2. The summed E-state index contributed by atoms with van der Waals surface area (Å²) in [5, 5.41) is 6.35. The van der Waals surface area contributed by atoms with Crippen LogP contribution in [0, 0.1) is 18.6 Å². The predicted octanol–water partition coefficient (Wildman–Crippen LogP) is 4.11. The van der Waals surface area contributed by atoms with Crippen molar-refractivity contribution in [2.45, 2.75) is 13.3 Å². The average molecular weight is 328 g/mol. The first-order valence-electron chi connectivity index (χ1n) is 7.29. The minimum Gasteiger partial charge on any atom is -0.356 e. The molecule has 122 valence electrons. The standard InChI is InChI=1S/C18H14F2N2O2/c1-11-2-4-12(5-3-11)17-9-14(22-24-17)10-18(23)21-13-6-7-15(19)16(20)8-13/h2-9H,10H2,1H3,(H,21,23). The second kappa shape index (κ2) is 6.62. The van der Waals surface area contributed by atoms with E-state index in [0.29, 0.717) is 11.5 Å². The van der Waals surface area contributed by atoms with Crippen molar-refractivity contribution in [3.8, 4) is 11.3 Å². The van der Waals surface area contributed by atoms with Crippen molar-refractivity contribution in [2.75, 3.05) is 5.32 Å². The number of hydrogen-bond acceptors (Lipinski definition) is 3. The van der Waals surface area contributed by atoms with Gasteiger partial charge >= 0.3 is 0 Å². The summed E-state index contributed by atoms with van der Waals surface area (Å²) in [7, 11) is 0. The number of anilines is 1. The highest BCUT2D eigenvalue weighted by molar-refractivity contribution is 5.92. The van der Waals surface area contributed by atoms with Gasteiger partial charge in [-0.2, -0.15) is 0 Å². The summed E-state index contributed by atoms with van der Waals surface area (Å²) in [6.07, 6.45) is -0.0334. The first kappa shape index (κ1) is 15.9. The van der Waals surface area contributed by atoms with Crippen molar-refractivity contribution in [3.63, 3.8) is 0 Å². The highest BCUT2D eigenvalue weighted by Gasteiger charge is 2.12. The molecule has 0 unspecified atom stereocenters. The number of carbonyl (C=O) groups excluding carboxylic acids is 1. The molecule has 1 N–H and O–H groups in total. The maximum absolute atomic E-state index is 13.1. The lowest BCUT2D eigenvalue weighted by atomic mass is 10.1. The SMILES string of the molecule is Cc1ccc(-c2cc(CC(=O)Nc3ccc(F)c(F)c3)no2)cc1. The van der Waals surface area contributed by atoms with Gasteiger partial charge < -0.3 is 9.84 Å². The normalized spacial score (nSPS) is 10.6. The van der Waals surface area contributed by atoms with E-state index in [1.165, 1.54) is 6.07 Å². The Kier molecular flexibility index (Phi) is 4.37. The molecule has 0 saturated heterocycles. The molecule has 0 spiro atoms. The summed E-state index contributed by atoms with van der Waals surface area (Å²) in [4.78, 5) is 12.0. The fourth-order valence-electron chi connectivity index (χ4n) is 2.19. The fraction of sp³-hybridized carbons (Fsp3) is 0.111. The van der Waals surface area contributed by atoms with Crippen LogP contribution in [0.2, 0.25) is 0 Å². The van der Waals surface area contributed by atoms with Crippen LogP contribution in [-0.2, 0) is 11.2 Å². The Bertz CT molecular complexity index is 873. The summed E-state index contributed by atoms with van der Waals surface area (Å²) >= 11 is 0. The number of aryl methyl sites for hydroxylation is 1. The Balaban J connectivity index is 1.66. The largest absolute Gasteiger partial charge is 0.356 e. The van der Waals surface area contributed by atoms with Crippen LogP contribution in [0.4, 0.5) is 14.5 Å². The van der Waals surface area contributed by atoms with Crippen LogP contribution >= 0.6 is 0 Å². The van der Waals surface area contributed by atoms with Gasteiger partial charge in [0, 0.05) is 23.4 Å². The van der Waals surface area contributed by atoms with Crippen LogP contribution in [-0.4, -0.2) is 11.1 Å². The Hall–Kier alpha value is -3.02. The van der Waals surface area contributed by atoms with E-state index >= 15 is 0 Å². The van der Waals surface area contributed by atoms with Gasteiger partial charge in [0.05, 0.1) is 12.1 Å². The molecule has 1 aromatic heterocycles. The van der Waals surface area contributed by atoms with Gasteiger partial charge in [-0.05, 0) is 19.1 Å². The molecular weight excluding hydrogens is 314 g/mol. The number of aromatic nitrogens is 1. The highest BCUT2D eigenvalue weighted by Crippen LogP contribution is 2.21. The molecule has 0 saturated carbocycles. The van der Waals surface area contributed by atoms with Gasteiger partial charge in [-0.1, -0.05) is 35.0 Å². The Morgan fingerprint density at radius 2 is 1.83 bits per heavy atom. The van der Waals surface area contributed by atoms with Crippen molar-refractivity contribution in [1.82, 2.24) is 5.16 Å². The Morgan fingerprint density at radius 1 is 1.08 bits per heavy atom. The molecule has 2 aromatic carbocycles. The zero-order valence-electron chi connectivity index (χ0n) is 12.8. The Morgan fingerprint density at radius 3 is 2.54 bits per heavy atom. The molecule has 0 bridgehead atoms. The van der Waals surface area contributed by atoms with Gasteiger partial charge in [0.25, 0.3) is 0 Å². The molecule has 0 aliphatic rings. The van der Waals surface area contributed by atoms with Crippen LogP contribution in [0.15, 0.2) is 53.1 Å². The molecule has 24 heavy (non-hydrogen) atoms. The van der Waals surface area contributed by atoms with E-state index in [1.807, 2.05) is 31.2 Å². The zero-order valence-corrected chi connectivity index (χ0v) is 12.8. The number of amides is 1. The van der Waals surface area contributed by atoms with Crippen molar-refractivity contribution in [2.24, 2.45) is 0 Å². The minimum absolute atomic E-state index is 0.0334. The fourth-order valence-corrected chi connectivity index (χ4v) is 2.19. The van der Waals surface area contributed by atoms with Crippen molar-refractivity contribution >= 4 is 11.6 Å². The monoisotopic (exact) mass is 328 g/mol. The third-order valence-corrected chi connectivity index (χ3v) is 3.44. The van der Waals surface area contributed by atoms with E-state index in [-0.39, 0.29) is 12.1 Å². The van der Waals surface area contributed by atoms with E-state index < -0.39 is 17.5 Å². The van der Waals surface area contributed by atoms with Gasteiger partial charge in [-0.3, -0.25) is 4.79 Å². The molecule has 0 fully saturated rings. The molecule has 4 nitrogen and oxygen atoms in total. The van der Waals surface area contributed by atoms with Gasteiger partial charge in [0.2, 0.25) is 5.91 Å². The molecule has 0 aliphatic heterocycles. The van der Waals surface area contributed by atoms with Crippen molar-refractivity contribution < 1.29 is 18.1 Å². The number of nitrogens with one attached hydrogen (secondary N) is 1. The van der Waals surface area contributed by atoms with E-state index in [1.54, 1.807) is 6.07 Å². The molecule has 0 atom stereocenters. The minimum atomic E-state index is -1.02. The molecule has 3 aromatic rings. The summed E-state index contributed by atoms with van der Waals surface area (Å²) in [5.41, 5.74) is 2.62. The summed E-state index contributed by atoms with van der Waals surface area (Å²) in [6, 6.07) is 12.6. The van der Waals surface area contributed by atoms with E-state index in [2.05, 4.69) is 10.5 Å². The molecule has 3 rings (SSSR count). The quantitative estimate of drug-likeness (QED) is 0.784. The van der Waals surface area contributed by atoms with Gasteiger partial charge in [-0.15, -0.1) is 0 Å². The van der Waals surface area contributed by atoms with Crippen LogP contribution < -0.4 is 5.32 Å². The average Bonchev–Trinajstić information content (AvgIpc) is 3.00. The van der Waals surface area contributed by atoms with Crippen molar-refractivity contribution in [1.29, 1.82) is 0 Å². The molecule has 1 heterocycles. The first-order chi connectivity index (χ1) is 11.5. The van der Waals surface area contributed by atoms with Crippen LogP contribution in [0.5, 0.6) is 0 Å². The number of nitrogens with zero attached hydrogens (tertiary/aromatic N) is 1. The summed E-state index contributed by atoms with van der Waals surface area (Å²) < 4.78 is 31.2. The highest BCUT2D eigenvalue weighted by atomic mass is 19.2. The summed E-state index contributed by atoms with van der Waals surface area (Å²) in [5.74, 6) is -1.82. The van der Waals surface area contributed by atoms with Crippen LogP contribution in [0.3, 0.4) is 0 Å². The maximum atomic E-state index is 13.1. The lowest BCUT2D eigenvalue weighted by Crippen LogP contribution is -2.14. The van der Waals surface area contributed by atoms with Gasteiger partial charge in [0.1, 0.15) is 0 Å². The second-order valence-electron chi connectivity index (χ2n) is 5.40. The Labute approximate surface area is 137 Å². The van der Waals surface area contributed by atoms with Gasteiger partial charge in [-0.25, -0.2) is 8.78 Å². The number of rotatable bonds is 4. The lowest BCUT2D eigenvalue weighted by Gasteiger charge is -2.04. The molecular formula is C18H14F2N2O2. The maximum Gasteiger partial charge on any atom is 0.230 e. The van der Waals surface area contributed by atoms with Crippen LogP contribution in [0.25, 0.3) is 11.3 Å². The molecule has 0 aliphatic carbocycles. The summed E-state index contributed by atoms with van der Waals surface area (Å²) in [6.45, 7) is 1.98. The van der Waals surface area contributed by atoms with Gasteiger partial charge in [0.15, 0.2) is 17.4 Å². The zero-order chi connectivity index (χ0) is 17.1. The molecule has 6 heteroatoms. The third-order valence-electron chi connectivity index (χ3n) is 3.44. The van der Waals surface area contributed by atoms with Crippen LogP contribution in [0.1, 0.15) is 11.3 Å². The van der Waals surface area contributed by atoms with E-state index in [9.17, 15) is 13.6 Å². The lowest BCUT2D eigenvalue weighted by molar-refractivity contribution is -0.115. The predicted molar refractivity (Wildman–Crippen MR) is 85.4 cm³/mol. The molecule has 1 amide bonds. The van der Waals surface area contributed by atoms with E-state index in [4.69, 9.17) is 4.52 Å². The first-order valence-corrected chi connectivity index (χ1v) is 7.29. The van der Waals surface area contributed by atoms with E-state index in [0.717, 1.165) is 23.3 Å². The topological polar surface area (TPSA) is 55.1 Å².